The molecule has 0 aliphatic heterocycles. The highest BCUT2D eigenvalue weighted by Gasteiger charge is 2.61. The van der Waals surface area contributed by atoms with Crippen molar-refractivity contribution in [3.05, 3.63) is 34.9 Å². The highest BCUT2D eigenvalue weighted by Crippen LogP contribution is 2.69. The maximum atomic E-state index is 2.45. The van der Waals surface area contributed by atoms with Crippen molar-refractivity contribution < 1.29 is 0 Å². The fourth-order valence-corrected chi connectivity index (χ4v) is 6.17. The van der Waals surface area contributed by atoms with Gasteiger partial charge in [-0.2, -0.15) is 0 Å². The molecule has 2 saturated carbocycles. The molecule has 2 bridgehead atoms. The lowest BCUT2D eigenvalue weighted by Gasteiger charge is -2.50. The summed E-state index contributed by atoms with van der Waals surface area (Å²) in [5.74, 6) is 3.04. The van der Waals surface area contributed by atoms with Gasteiger partial charge in [0.15, 0.2) is 0 Å². The van der Waals surface area contributed by atoms with E-state index in [0.717, 1.165) is 17.8 Å². The summed E-state index contributed by atoms with van der Waals surface area (Å²) in [7, 11) is 0. The second kappa shape index (κ2) is 2.79. The molecule has 1 aromatic rings. The molecule has 0 amide bonds. The molecule has 2 fully saturated rings. The molecule has 0 heteroatoms. The third kappa shape index (κ3) is 0.872. The number of benzene rings is 1. The number of hydrogen-bond acceptors (Lipinski definition) is 0. The fraction of sp³-hybridized carbons (Fsp3) is 0.647. The van der Waals surface area contributed by atoms with Crippen LogP contribution < -0.4 is 0 Å². The van der Waals surface area contributed by atoms with Crippen LogP contribution in [0.3, 0.4) is 0 Å². The first-order chi connectivity index (χ1) is 8.39. The summed E-state index contributed by atoms with van der Waals surface area (Å²) in [5.41, 5.74) is 6.04. The third-order valence-electron chi connectivity index (χ3n) is 6.57. The maximum Gasteiger partial charge on any atom is 0.00211 e. The lowest BCUT2D eigenvalue weighted by Crippen LogP contribution is -2.45. The van der Waals surface area contributed by atoms with Crippen LogP contribution >= 0.6 is 0 Å². The molecule has 0 saturated heterocycles. The highest BCUT2D eigenvalue weighted by molar-refractivity contribution is 5.53. The van der Waals surface area contributed by atoms with Gasteiger partial charge >= 0.3 is 0 Å². The van der Waals surface area contributed by atoms with Gasteiger partial charge < -0.3 is 0 Å². The lowest BCUT2D eigenvalue weighted by atomic mass is 9.54. The van der Waals surface area contributed by atoms with Gasteiger partial charge in [-0.1, -0.05) is 24.6 Å². The molecule has 5 rings (SSSR count). The van der Waals surface area contributed by atoms with Crippen molar-refractivity contribution >= 4 is 0 Å². The van der Waals surface area contributed by atoms with Crippen molar-refractivity contribution in [3.63, 3.8) is 0 Å². The first-order valence-electron chi connectivity index (χ1n) is 7.52. The van der Waals surface area contributed by atoms with E-state index in [1.54, 1.807) is 11.1 Å². The zero-order valence-electron chi connectivity index (χ0n) is 10.4. The van der Waals surface area contributed by atoms with Crippen molar-refractivity contribution in [1.82, 2.24) is 0 Å². The van der Waals surface area contributed by atoms with Crippen molar-refractivity contribution in [1.29, 1.82) is 0 Å². The highest BCUT2D eigenvalue weighted by atomic mass is 14.6. The smallest absolute Gasteiger partial charge is 0.00211 e. The molecule has 0 heterocycles. The molecule has 4 aliphatic rings. The molecule has 0 N–H and O–H groups in total. The Kier molecular flexibility index (Phi) is 1.51. The van der Waals surface area contributed by atoms with E-state index in [-0.39, 0.29) is 0 Å². The van der Waals surface area contributed by atoms with E-state index in [1.165, 1.54) is 44.9 Å². The third-order valence-corrected chi connectivity index (χ3v) is 6.57. The van der Waals surface area contributed by atoms with Gasteiger partial charge in [-0.3, -0.25) is 0 Å². The Labute approximate surface area is 103 Å². The summed E-state index contributed by atoms with van der Waals surface area (Å²) in [6.45, 7) is 0. The minimum atomic E-state index is 0.674. The molecule has 4 unspecified atom stereocenters. The fourth-order valence-electron chi connectivity index (χ4n) is 6.17. The first kappa shape index (κ1) is 9.19. The van der Waals surface area contributed by atoms with Gasteiger partial charge in [0.2, 0.25) is 0 Å². The SMILES string of the molecule is c1cc2c3c(c1)C1CC4CCCC(CC2)C34C1. The van der Waals surface area contributed by atoms with Gasteiger partial charge in [-0.05, 0) is 73.0 Å². The number of rotatable bonds is 0. The summed E-state index contributed by atoms with van der Waals surface area (Å²) in [5, 5.41) is 0. The quantitative estimate of drug-likeness (QED) is 0.620. The Morgan fingerprint density at radius 3 is 3.00 bits per heavy atom. The molecule has 4 atom stereocenters. The summed E-state index contributed by atoms with van der Waals surface area (Å²) in [6, 6.07) is 7.20. The largest absolute Gasteiger partial charge is 0.0617 e. The normalized spacial score (nSPS) is 44.8. The molecule has 0 aromatic heterocycles. The number of aryl methyl sites for hydroxylation is 1. The second-order valence-electron chi connectivity index (χ2n) is 6.92. The summed E-state index contributed by atoms with van der Waals surface area (Å²) in [4.78, 5) is 0. The average Bonchev–Trinajstić information content (AvgIpc) is 2.90. The van der Waals surface area contributed by atoms with Crippen LogP contribution in [0.1, 0.15) is 61.1 Å². The van der Waals surface area contributed by atoms with Crippen molar-refractivity contribution in [2.45, 2.75) is 56.3 Å². The summed E-state index contributed by atoms with van der Waals surface area (Å²) < 4.78 is 0. The van der Waals surface area contributed by atoms with E-state index in [9.17, 15) is 0 Å². The molecule has 1 aromatic carbocycles. The Balaban J connectivity index is 1.85. The molecule has 4 aliphatic carbocycles. The molecular weight excluding hydrogens is 204 g/mol. The first-order valence-corrected chi connectivity index (χ1v) is 7.52. The van der Waals surface area contributed by atoms with Gasteiger partial charge in [-0.15, -0.1) is 0 Å². The van der Waals surface area contributed by atoms with E-state index in [2.05, 4.69) is 18.2 Å². The van der Waals surface area contributed by atoms with E-state index < -0.39 is 0 Å². The zero-order valence-corrected chi connectivity index (χ0v) is 10.4. The monoisotopic (exact) mass is 224 g/mol. The van der Waals surface area contributed by atoms with E-state index in [1.807, 2.05) is 5.56 Å². The minimum absolute atomic E-state index is 0.674. The molecule has 1 spiro atoms. The van der Waals surface area contributed by atoms with E-state index in [0.29, 0.717) is 5.41 Å². The van der Waals surface area contributed by atoms with Gasteiger partial charge in [0.05, 0.1) is 0 Å². The van der Waals surface area contributed by atoms with Gasteiger partial charge in [0, 0.05) is 5.41 Å². The van der Waals surface area contributed by atoms with E-state index >= 15 is 0 Å². The predicted octanol–water partition coefficient (Wildman–Crippen LogP) is 4.18. The Morgan fingerprint density at radius 1 is 1.06 bits per heavy atom. The van der Waals surface area contributed by atoms with Crippen LogP contribution in [0.25, 0.3) is 0 Å². The standard InChI is InChI=1S/C17H20/c1-3-11-7-8-13-4-2-5-14-9-12-10-17(13,14)16(11)15(12)6-1/h1,3,6,12-14H,2,4-5,7-10H2. The summed E-state index contributed by atoms with van der Waals surface area (Å²) >= 11 is 0. The maximum absolute atomic E-state index is 2.45. The van der Waals surface area contributed by atoms with Crippen molar-refractivity contribution in [3.8, 4) is 0 Å². The van der Waals surface area contributed by atoms with Crippen molar-refractivity contribution in [2.24, 2.45) is 11.8 Å². The Morgan fingerprint density at radius 2 is 2.00 bits per heavy atom. The Hall–Kier alpha value is -0.780. The predicted molar refractivity (Wildman–Crippen MR) is 69.2 cm³/mol. The van der Waals surface area contributed by atoms with Crippen LogP contribution in [-0.4, -0.2) is 0 Å². The lowest BCUT2D eigenvalue weighted by molar-refractivity contribution is 0.114. The second-order valence-corrected chi connectivity index (χ2v) is 6.92. The van der Waals surface area contributed by atoms with Crippen LogP contribution in [0.2, 0.25) is 0 Å². The van der Waals surface area contributed by atoms with Gasteiger partial charge in [-0.25, -0.2) is 0 Å². The average molecular weight is 224 g/mol. The molecular formula is C17H20. The van der Waals surface area contributed by atoms with Crippen LogP contribution in [0.4, 0.5) is 0 Å². The molecule has 17 heavy (non-hydrogen) atoms. The number of fused-ring (bicyclic) bond motifs is 2. The van der Waals surface area contributed by atoms with Crippen LogP contribution in [0, 0.1) is 11.8 Å². The molecule has 88 valence electrons. The molecule has 0 nitrogen and oxygen atoms in total. The number of hydrogen-bond donors (Lipinski definition) is 0. The van der Waals surface area contributed by atoms with Crippen LogP contribution in [-0.2, 0) is 11.8 Å². The minimum Gasteiger partial charge on any atom is -0.0617 e. The van der Waals surface area contributed by atoms with Crippen LogP contribution in [0.15, 0.2) is 18.2 Å². The Bertz CT molecular complexity index is 501. The van der Waals surface area contributed by atoms with Crippen molar-refractivity contribution in [2.75, 3.05) is 0 Å². The molecule has 0 radical (unpaired) electrons. The van der Waals surface area contributed by atoms with Gasteiger partial charge in [0.1, 0.15) is 0 Å². The van der Waals surface area contributed by atoms with Gasteiger partial charge in [0.25, 0.3) is 0 Å². The van der Waals surface area contributed by atoms with Crippen LogP contribution in [0.5, 0.6) is 0 Å². The van der Waals surface area contributed by atoms with E-state index in [4.69, 9.17) is 0 Å². The topological polar surface area (TPSA) is 0 Å². The summed E-state index contributed by atoms with van der Waals surface area (Å²) in [6.07, 6.45) is 10.5. The zero-order chi connectivity index (χ0) is 11.0.